The Morgan fingerprint density at radius 1 is 1.23 bits per heavy atom. The number of carbonyl (C=O) groups excluding carboxylic acids is 1. The van der Waals surface area contributed by atoms with Crippen LogP contribution < -0.4 is 9.47 Å². The van der Waals surface area contributed by atoms with Gasteiger partial charge in [-0.2, -0.15) is 0 Å². The van der Waals surface area contributed by atoms with Gasteiger partial charge in [0.15, 0.2) is 11.5 Å². The molecule has 0 bridgehead atoms. The quantitative estimate of drug-likeness (QED) is 0.855. The minimum absolute atomic E-state index is 0.0793. The third-order valence-electron chi connectivity index (χ3n) is 5.00. The number of benzene rings is 1. The van der Waals surface area contributed by atoms with Crippen LogP contribution in [-0.2, 0) is 21.5 Å². The van der Waals surface area contributed by atoms with Crippen molar-refractivity contribution >= 4 is 5.91 Å². The van der Waals surface area contributed by atoms with Crippen LogP contribution in [-0.4, -0.2) is 44.8 Å². The Kier molecular flexibility index (Phi) is 3.77. The number of fused-ring (bicyclic) bond motifs is 3. The number of ether oxygens (including phenoxy) is 3. The normalized spacial score (nSPS) is 26.6. The van der Waals surface area contributed by atoms with Gasteiger partial charge < -0.3 is 19.1 Å². The lowest BCUT2D eigenvalue weighted by Crippen LogP contribution is -2.54. The summed E-state index contributed by atoms with van der Waals surface area (Å²) in [4.78, 5) is 14.4. The molecule has 0 aromatic heterocycles. The molecule has 0 aliphatic carbocycles. The molecule has 2 aliphatic heterocycles. The molecule has 1 fully saturated rings. The van der Waals surface area contributed by atoms with Crippen LogP contribution >= 0.6 is 0 Å². The third-order valence-corrected chi connectivity index (χ3v) is 5.00. The second-order valence-electron chi connectivity index (χ2n) is 6.22. The van der Waals surface area contributed by atoms with Crippen LogP contribution in [0.15, 0.2) is 12.1 Å². The molecule has 1 saturated heterocycles. The first-order valence-electron chi connectivity index (χ1n) is 7.61. The van der Waals surface area contributed by atoms with Crippen LogP contribution in [0.4, 0.5) is 0 Å². The number of rotatable bonds is 4. The molecular formula is C17H23NO4. The van der Waals surface area contributed by atoms with Crippen molar-refractivity contribution in [2.75, 3.05) is 27.9 Å². The van der Waals surface area contributed by atoms with E-state index in [-0.39, 0.29) is 17.5 Å². The van der Waals surface area contributed by atoms with Crippen LogP contribution in [0.3, 0.4) is 0 Å². The number of hydrogen-bond acceptors (Lipinski definition) is 4. The summed E-state index contributed by atoms with van der Waals surface area (Å²) in [6.07, 6.45) is 2.20. The molecule has 3 rings (SSSR count). The first-order valence-corrected chi connectivity index (χ1v) is 7.61. The highest BCUT2D eigenvalue weighted by Gasteiger charge is 2.50. The van der Waals surface area contributed by atoms with E-state index in [9.17, 15) is 4.79 Å². The molecule has 0 spiro atoms. The molecule has 1 aromatic rings. The lowest BCUT2D eigenvalue weighted by Gasteiger charge is -2.46. The topological polar surface area (TPSA) is 48.0 Å². The van der Waals surface area contributed by atoms with Crippen LogP contribution in [0, 0.1) is 0 Å². The van der Waals surface area contributed by atoms with Gasteiger partial charge in [-0.25, -0.2) is 0 Å². The molecule has 1 aromatic carbocycles. The summed E-state index contributed by atoms with van der Waals surface area (Å²) in [7, 11) is 4.97. The van der Waals surface area contributed by atoms with Gasteiger partial charge in [-0.1, -0.05) is 0 Å². The summed E-state index contributed by atoms with van der Waals surface area (Å²) >= 11 is 0. The van der Waals surface area contributed by atoms with Crippen LogP contribution in [0.25, 0.3) is 0 Å². The van der Waals surface area contributed by atoms with E-state index >= 15 is 0 Å². The smallest absolute Gasteiger partial charge is 0.223 e. The maximum atomic E-state index is 12.4. The zero-order valence-corrected chi connectivity index (χ0v) is 13.6. The van der Waals surface area contributed by atoms with Crippen molar-refractivity contribution in [1.29, 1.82) is 0 Å². The molecule has 1 amide bonds. The lowest BCUT2D eigenvalue weighted by molar-refractivity contribution is -0.136. The minimum Gasteiger partial charge on any atom is -0.493 e. The van der Waals surface area contributed by atoms with Gasteiger partial charge in [0.05, 0.1) is 32.4 Å². The van der Waals surface area contributed by atoms with E-state index in [0.717, 1.165) is 18.6 Å². The summed E-state index contributed by atoms with van der Waals surface area (Å²) in [6.45, 7) is 2.69. The summed E-state index contributed by atoms with van der Waals surface area (Å²) in [5, 5.41) is 0. The molecule has 0 saturated carbocycles. The molecular weight excluding hydrogens is 282 g/mol. The highest BCUT2D eigenvalue weighted by Crippen LogP contribution is 2.48. The molecule has 120 valence electrons. The standard InChI is InChI=1S/C17H23NO4/c1-17-6-5-16(19)18(17)12(10-20-2)7-11-8-14(21-3)15(22-4)9-13(11)17/h8-9,12H,5-7,10H2,1-4H3/t12-,17+/m0/s1. The highest BCUT2D eigenvalue weighted by atomic mass is 16.5. The van der Waals surface area contributed by atoms with E-state index in [1.165, 1.54) is 11.1 Å². The van der Waals surface area contributed by atoms with Crippen LogP contribution in [0.5, 0.6) is 11.5 Å². The van der Waals surface area contributed by atoms with Gasteiger partial charge in [0.1, 0.15) is 0 Å². The monoisotopic (exact) mass is 305 g/mol. The van der Waals surface area contributed by atoms with Gasteiger partial charge in [0, 0.05) is 13.5 Å². The zero-order chi connectivity index (χ0) is 15.9. The van der Waals surface area contributed by atoms with Gasteiger partial charge in [-0.3, -0.25) is 4.79 Å². The second-order valence-corrected chi connectivity index (χ2v) is 6.22. The van der Waals surface area contributed by atoms with Crippen molar-refractivity contribution in [3.8, 4) is 11.5 Å². The van der Waals surface area contributed by atoms with Crippen molar-refractivity contribution in [3.63, 3.8) is 0 Å². The van der Waals surface area contributed by atoms with E-state index < -0.39 is 0 Å². The van der Waals surface area contributed by atoms with Crippen LogP contribution in [0.2, 0.25) is 0 Å². The Morgan fingerprint density at radius 3 is 2.55 bits per heavy atom. The molecule has 0 radical (unpaired) electrons. The van der Waals surface area contributed by atoms with E-state index in [0.29, 0.717) is 18.8 Å². The van der Waals surface area contributed by atoms with E-state index in [2.05, 4.69) is 6.92 Å². The first-order chi connectivity index (χ1) is 10.5. The number of hydrogen-bond donors (Lipinski definition) is 0. The fourth-order valence-electron chi connectivity index (χ4n) is 4.00. The largest absolute Gasteiger partial charge is 0.493 e. The SMILES string of the molecule is COC[C@@H]1Cc2cc(OC)c(OC)cc2[C@@]2(C)CCC(=O)N12. The second kappa shape index (κ2) is 5.47. The van der Waals surface area contributed by atoms with Gasteiger partial charge in [0.25, 0.3) is 0 Å². The summed E-state index contributed by atoms with van der Waals surface area (Å²) in [5.74, 6) is 1.66. The van der Waals surface area contributed by atoms with Gasteiger partial charge in [-0.15, -0.1) is 0 Å². The van der Waals surface area contributed by atoms with Crippen molar-refractivity contribution in [2.45, 2.75) is 37.8 Å². The number of methoxy groups -OCH3 is 3. The molecule has 2 aliphatic rings. The maximum Gasteiger partial charge on any atom is 0.223 e. The minimum atomic E-state index is -0.284. The Bertz CT molecular complexity index is 601. The van der Waals surface area contributed by atoms with E-state index in [1.807, 2.05) is 17.0 Å². The van der Waals surface area contributed by atoms with Crippen molar-refractivity contribution in [1.82, 2.24) is 4.90 Å². The molecule has 2 atom stereocenters. The third kappa shape index (κ3) is 2.07. The summed E-state index contributed by atoms with van der Waals surface area (Å²) in [5.41, 5.74) is 2.10. The van der Waals surface area contributed by atoms with Gasteiger partial charge in [-0.05, 0) is 43.0 Å². The van der Waals surface area contributed by atoms with E-state index in [1.54, 1.807) is 21.3 Å². The highest BCUT2D eigenvalue weighted by molar-refractivity contribution is 5.81. The molecule has 0 N–H and O–H groups in total. The Morgan fingerprint density at radius 2 is 1.91 bits per heavy atom. The van der Waals surface area contributed by atoms with Gasteiger partial charge in [0.2, 0.25) is 5.91 Å². The fourth-order valence-corrected chi connectivity index (χ4v) is 4.00. The van der Waals surface area contributed by atoms with Crippen molar-refractivity contribution in [2.24, 2.45) is 0 Å². The molecule has 5 heteroatoms. The number of amides is 1. The number of carbonyl (C=O) groups is 1. The predicted octanol–water partition coefficient (Wildman–Crippen LogP) is 2.11. The first kappa shape index (κ1) is 15.2. The molecule has 0 unspecified atom stereocenters. The summed E-state index contributed by atoms with van der Waals surface area (Å²) in [6, 6.07) is 4.15. The fraction of sp³-hybridized carbons (Fsp3) is 0.588. The average Bonchev–Trinajstić information content (AvgIpc) is 2.83. The van der Waals surface area contributed by atoms with E-state index in [4.69, 9.17) is 14.2 Å². The Hall–Kier alpha value is -1.75. The lowest BCUT2D eigenvalue weighted by atomic mass is 9.79. The molecule has 2 heterocycles. The average molecular weight is 305 g/mol. The zero-order valence-electron chi connectivity index (χ0n) is 13.6. The number of nitrogens with zero attached hydrogens (tertiary/aromatic N) is 1. The van der Waals surface area contributed by atoms with Crippen molar-refractivity contribution in [3.05, 3.63) is 23.3 Å². The van der Waals surface area contributed by atoms with Gasteiger partial charge >= 0.3 is 0 Å². The van der Waals surface area contributed by atoms with Crippen LogP contribution in [0.1, 0.15) is 30.9 Å². The maximum absolute atomic E-state index is 12.4. The summed E-state index contributed by atoms with van der Waals surface area (Å²) < 4.78 is 16.2. The molecule has 22 heavy (non-hydrogen) atoms. The Balaban J connectivity index is 2.14. The van der Waals surface area contributed by atoms with Crippen molar-refractivity contribution < 1.29 is 19.0 Å². The predicted molar refractivity (Wildman–Crippen MR) is 82.3 cm³/mol. The molecule has 5 nitrogen and oxygen atoms in total. The Labute approximate surface area is 131 Å².